The molecule has 2 aliphatic carbocycles. The fraction of sp³-hybridized carbons (Fsp3) is 0.333. The minimum absolute atomic E-state index is 0.0138. The van der Waals surface area contributed by atoms with Crippen molar-refractivity contribution in [2.75, 3.05) is 0 Å². The van der Waals surface area contributed by atoms with Crippen LogP contribution in [0.4, 0.5) is 13.2 Å². The normalized spacial score (nSPS) is 20.7. The maximum absolute atomic E-state index is 13.0. The lowest BCUT2D eigenvalue weighted by Crippen LogP contribution is -2.21. The van der Waals surface area contributed by atoms with Gasteiger partial charge in [0.25, 0.3) is 0 Å². The molecule has 0 aliphatic heterocycles. The predicted molar refractivity (Wildman–Crippen MR) is 107 cm³/mol. The number of Topliss-reactive ketones (excluding diaryl/α,β-unsaturated/α-hetero) is 1. The first-order valence-corrected chi connectivity index (χ1v) is 10.1. The molecule has 4 nitrogen and oxygen atoms in total. The lowest BCUT2D eigenvalue weighted by atomic mass is 9.81. The van der Waals surface area contributed by atoms with Gasteiger partial charge in [0.05, 0.1) is 22.8 Å². The molecule has 0 radical (unpaired) electrons. The molecule has 0 unspecified atom stereocenters. The number of nitriles is 1. The number of ketones is 1. The highest BCUT2D eigenvalue weighted by atomic mass is 19.4. The Labute approximate surface area is 177 Å². The van der Waals surface area contributed by atoms with Gasteiger partial charge in [-0.1, -0.05) is 13.0 Å². The molecule has 31 heavy (non-hydrogen) atoms. The Hall–Kier alpha value is -3.27. The van der Waals surface area contributed by atoms with Gasteiger partial charge in [-0.25, -0.2) is 0 Å². The molecule has 1 N–H and O–H groups in total. The van der Waals surface area contributed by atoms with Crippen molar-refractivity contribution in [1.29, 1.82) is 5.26 Å². The van der Waals surface area contributed by atoms with E-state index in [1.807, 2.05) is 6.92 Å². The summed E-state index contributed by atoms with van der Waals surface area (Å²) in [5.74, 6) is 0.333. The number of aliphatic hydroxyl groups is 1. The van der Waals surface area contributed by atoms with E-state index < -0.39 is 17.3 Å². The number of rotatable bonds is 4. The zero-order chi connectivity index (χ0) is 22.3. The molecule has 1 saturated carbocycles. The fourth-order valence-electron chi connectivity index (χ4n) is 4.50. The summed E-state index contributed by atoms with van der Waals surface area (Å²) in [5, 5.41) is 19.8. The molecule has 4 rings (SSSR count). The van der Waals surface area contributed by atoms with Gasteiger partial charge in [-0.15, -0.1) is 0 Å². The number of ether oxygens (including phenoxy) is 1. The van der Waals surface area contributed by atoms with E-state index in [9.17, 15) is 23.1 Å². The topological polar surface area (TPSA) is 70.3 Å². The molecule has 2 atom stereocenters. The lowest BCUT2D eigenvalue weighted by Gasteiger charge is -2.23. The summed E-state index contributed by atoms with van der Waals surface area (Å²) in [7, 11) is 0. The Morgan fingerprint density at radius 2 is 1.81 bits per heavy atom. The number of fused-ring (bicyclic) bond motifs is 2. The van der Waals surface area contributed by atoms with Gasteiger partial charge in [0.2, 0.25) is 0 Å². The number of benzene rings is 2. The number of carbonyl (C=O) groups is 1. The quantitative estimate of drug-likeness (QED) is 0.631. The third kappa shape index (κ3) is 3.78. The minimum atomic E-state index is -4.63. The lowest BCUT2D eigenvalue weighted by molar-refractivity contribution is -0.137. The summed E-state index contributed by atoms with van der Waals surface area (Å²) in [4.78, 5) is 12.9. The van der Waals surface area contributed by atoms with Gasteiger partial charge in [0.1, 0.15) is 17.3 Å². The van der Waals surface area contributed by atoms with Crippen molar-refractivity contribution < 1.29 is 27.8 Å². The second-order valence-electron chi connectivity index (χ2n) is 7.92. The van der Waals surface area contributed by atoms with E-state index in [0.29, 0.717) is 29.7 Å². The van der Waals surface area contributed by atoms with E-state index in [2.05, 4.69) is 0 Å². The van der Waals surface area contributed by atoms with E-state index >= 15 is 0 Å². The first kappa shape index (κ1) is 21.0. The monoisotopic (exact) mass is 427 g/mol. The van der Waals surface area contributed by atoms with Crippen LogP contribution in [0.25, 0.3) is 5.57 Å². The second kappa shape index (κ2) is 7.77. The number of allylic oxidation sites excluding steroid dienone is 2. The number of hydrogen-bond donors (Lipinski definition) is 1. The number of halogens is 3. The van der Waals surface area contributed by atoms with Gasteiger partial charge in [-0.05, 0) is 67.1 Å². The molecular formula is C24H20F3NO3. The first-order chi connectivity index (χ1) is 14.7. The van der Waals surface area contributed by atoms with Crippen LogP contribution in [-0.2, 0) is 17.4 Å². The first-order valence-electron chi connectivity index (χ1n) is 10.1. The highest BCUT2D eigenvalue weighted by molar-refractivity contribution is 6.23. The largest absolute Gasteiger partial charge is 0.511 e. The number of carbonyl (C=O) groups excluding carboxylic acids is 1. The van der Waals surface area contributed by atoms with Crippen LogP contribution in [0.3, 0.4) is 0 Å². The molecule has 0 saturated heterocycles. The highest BCUT2D eigenvalue weighted by Gasteiger charge is 2.41. The van der Waals surface area contributed by atoms with Crippen LogP contribution in [0, 0.1) is 23.2 Å². The van der Waals surface area contributed by atoms with Crippen LogP contribution < -0.4 is 4.74 Å². The molecule has 1 fully saturated rings. The van der Waals surface area contributed by atoms with Crippen LogP contribution in [0.5, 0.6) is 11.5 Å². The van der Waals surface area contributed by atoms with E-state index in [4.69, 9.17) is 10.00 Å². The van der Waals surface area contributed by atoms with Gasteiger partial charge >= 0.3 is 6.18 Å². The van der Waals surface area contributed by atoms with Crippen LogP contribution in [-0.4, -0.2) is 10.9 Å². The van der Waals surface area contributed by atoms with E-state index in [1.165, 1.54) is 0 Å². The third-order valence-corrected chi connectivity index (χ3v) is 6.08. The van der Waals surface area contributed by atoms with Crippen molar-refractivity contribution in [3.63, 3.8) is 0 Å². The molecule has 2 aromatic rings. The van der Waals surface area contributed by atoms with E-state index in [-0.39, 0.29) is 29.1 Å². The number of nitrogens with zero attached hydrogens (tertiary/aromatic N) is 1. The molecule has 7 heteroatoms. The number of alkyl halides is 3. The maximum Gasteiger partial charge on any atom is 0.417 e. The van der Waals surface area contributed by atoms with Crippen molar-refractivity contribution in [2.45, 2.75) is 38.8 Å². The maximum atomic E-state index is 13.0. The SMILES string of the molecule is CCc1ccc(Oc2ccc(C(F)(F)F)c(C#N)c2)cc1C1=C(O)[C@H]2CC[C@H](C2)C1=O. The molecule has 0 heterocycles. The Kier molecular flexibility index (Phi) is 5.26. The molecule has 160 valence electrons. The molecule has 0 spiro atoms. The summed E-state index contributed by atoms with van der Waals surface area (Å²) in [6.45, 7) is 1.94. The predicted octanol–water partition coefficient (Wildman–Crippen LogP) is 6.20. The van der Waals surface area contributed by atoms with Gasteiger partial charge < -0.3 is 9.84 Å². The van der Waals surface area contributed by atoms with Crippen molar-refractivity contribution >= 4 is 11.4 Å². The van der Waals surface area contributed by atoms with Crippen LogP contribution in [0.15, 0.2) is 42.2 Å². The van der Waals surface area contributed by atoms with Gasteiger partial charge in [0, 0.05) is 11.8 Å². The molecular weight excluding hydrogens is 407 g/mol. The van der Waals surface area contributed by atoms with Crippen LogP contribution in [0.1, 0.15) is 48.4 Å². The van der Waals surface area contributed by atoms with Crippen LogP contribution >= 0.6 is 0 Å². The summed E-state index contributed by atoms with van der Waals surface area (Å²) in [6.07, 6.45) is -1.78. The van der Waals surface area contributed by atoms with Crippen molar-refractivity contribution in [3.8, 4) is 17.6 Å². The zero-order valence-electron chi connectivity index (χ0n) is 16.8. The molecule has 0 aromatic heterocycles. The average Bonchev–Trinajstić information content (AvgIpc) is 3.19. The Morgan fingerprint density at radius 3 is 2.48 bits per heavy atom. The van der Waals surface area contributed by atoms with Crippen molar-refractivity contribution in [3.05, 3.63) is 64.4 Å². The molecule has 2 aliphatic rings. The van der Waals surface area contributed by atoms with Crippen molar-refractivity contribution in [2.24, 2.45) is 11.8 Å². The number of aliphatic hydroxyl groups excluding tert-OH is 1. The molecule has 2 bridgehead atoms. The van der Waals surface area contributed by atoms with Gasteiger partial charge in [-0.3, -0.25) is 4.79 Å². The average molecular weight is 427 g/mol. The Balaban J connectivity index is 1.72. The fourth-order valence-corrected chi connectivity index (χ4v) is 4.50. The summed E-state index contributed by atoms with van der Waals surface area (Å²) in [5.41, 5.74) is 0.226. The van der Waals surface area contributed by atoms with Gasteiger partial charge in [-0.2, -0.15) is 18.4 Å². The number of aryl methyl sites for hydroxylation is 1. The zero-order valence-corrected chi connectivity index (χ0v) is 16.8. The second-order valence-corrected chi connectivity index (χ2v) is 7.92. The smallest absolute Gasteiger partial charge is 0.417 e. The van der Waals surface area contributed by atoms with Crippen molar-refractivity contribution in [1.82, 2.24) is 0 Å². The van der Waals surface area contributed by atoms with E-state index in [0.717, 1.165) is 36.6 Å². The highest BCUT2D eigenvalue weighted by Crippen LogP contribution is 2.46. The Bertz CT molecular complexity index is 1130. The van der Waals surface area contributed by atoms with Gasteiger partial charge in [0.15, 0.2) is 5.78 Å². The summed E-state index contributed by atoms with van der Waals surface area (Å²) >= 11 is 0. The minimum Gasteiger partial charge on any atom is -0.511 e. The van der Waals surface area contributed by atoms with Crippen LogP contribution in [0.2, 0.25) is 0 Å². The third-order valence-electron chi connectivity index (χ3n) is 6.08. The Morgan fingerprint density at radius 1 is 1.13 bits per heavy atom. The number of hydrogen-bond acceptors (Lipinski definition) is 4. The van der Waals surface area contributed by atoms with E-state index in [1.54, 1.807) is 24.3 Å². The summed E-state index contributed by atoms with van der Waals surface area (Å²) < 4.78 is 44.8. The standard InChI is InChI=1S/C24H20F3NO3/c1-2-13-5-6-18(31-17-7-8-20(24(25,26)27)16(10-17)12-28)11-19(13)21-22(29)14-3-4-15(9-14)23(21)30/h5-8,10-11,14-15,29H,2-4,9H2,1H3/t14-,15+/m0/s1. The summed E-state index contributed by atoms with van der Waals surface area (Å²) in [6, 6.07) is 9.63. The molecule has 2 aromatic carbocycles. The molecule has 0 amide bonds.